The molecule has 1 aliphatic rings. The summed E-state index contributed by atoms with van der Waals surface area (Å²) in [5.41, 5.74) is 1.25. The molecule has 0 aromatic heterocycles. The molecule has 0 amide bonds. The van der Waals surface area contributed by atoms with Gasteiger partial charge >= 0.3 is 0 Å². The molecule has 3 nitrogen and oxygen atoms in total. The number of ether oxygens (including phenoxy) is 1. The molecule has 1 unspecified atom stereocenters. The molecular weight excluding hydrogens is 202 g/mol. The Morgan fingerprint density at radius 2 is 2.12 bits per heavy atom. The summed E-state index contributed by atoms with van der Waals surface area (Å²) in [6.07, 6.45) is 0.754. The van der Waals surface area contributed by atoms with E-state index in [1.165, 1.54) is 5.56 Å². The van der Waals surface area contributed by atoms with Crippen molar-refractivity contribution in [2.24, 2.45) is 0 Å². The molecular formula is C13H19NO2. The number of nitrogens with zero attached hydrogens (tertiary/aromatic N) is 1. The Kier molecular flexibility index (Phi) is 3.80. The molecule has 0 aliphatic carbocycles. The summed E-state index contributed by atoms with van der Waals surface area (Å²) >= 11 is 0. The van der Waals surface area contributed by atoms with Crippen LogP contribution in [0.15, 0.2) is 24.3 Å². The van der Waals surface area contributed by atoms with Crippen LogP contribution in [0.3, 0.4) is 0 Å². The van der Waals surface area contributed by atoms with Crippen molar-refractivity contribution in [2.45, 2.75) is 19.4 Å². The standard InChI is InChI=1S/C13H19NO2/c1-11-2-4-13(5-3-11)16-9-8-14-7-6-12(15)10-14/h2-5,12,15H,6-10H2,1H3. The highest BCUT2D eigenvalue weighted by Crippen LogP contribution is 2.12. The van der Waals surface area contributed by atoms with Gasteiger partial charge in [0.15, 0.2) is 0 Å². The Balaban J connectivity index is 1.70. The van der Waals surface area contributed by atoms with Crippen LogP contribution < -0.4 is 4.74 Å². The van der Waals surface area contributed by atoms with Gasteiger partial charge in [0.1, 0.15) is 12.4 Å². The van der Waals surface area contributed by atoms with Gasteiger partial charge in [-0.2, -0.15) is 0 Å². The zero-order valence-electron chi connectivity index (χ0n) is 9.72. The zero-order chi connectivity index (χ0) is 11.4. The van der Waals surface area contributed by atoms with Crippen molar-refractivity contribution in [3.63, 3.8) is 0 Å². The van der Waals surface area contributed by atoms with E-state index in [0.717, 1.165) is 31.8 Å². The molecule has 1 heterocycles. The van der Waals surface area contributed by atoms with Crippen molar-refractivity contribution in [1.29, 1.82) is 0 Å². The molecule has 0 saturated carbocycles. The quantitative estimate of drug-likeness (QED) is 0.835. The highest BCUT2D eigenvalue weighted by atomic mass is 16.5. The molecule has 0 spiro atoms. The second-order valence-electron chi connectivity index (χ2n) is 4.40. The van der Waals surface area contributed by atoms with Gasteiger partial charge < -0.3 is 9.84 Å². The highest BCUT2D eigenvalue weighted by molar-refractivity contribution is 5.26. The molecule has 16 heavy (non-hydrogen) atoms. The predicted octanol–water partition coefficient (Wildman–Crippen LogP) is 1.44. The molecule has 0 radical (unpaired) electrons. The lowest BCUT2D eigenvalue weighted by Crippen LogP contribution is -2.27. The van der Waals surface area contributed by atoms with E-state index >= 15 is 0 Å². The summed E-state index contributed by atoms with van der Waals surface area (Å²) in [7, 11) is 0. The Labute approximate surface area is 96.6 Å². The number of benzene rings is 1. The van der Waals surface area contributed by atoms with Gasteiger partial charge in [0.05, 0.1) is 6.10 Å². The van der Waals surface area contributed by atoms with E-state index in [1.54, 1.807) is 0 Å². The molecule has 1 aliphatic heterocycles. The first kappa shape index (κ1) is 11.4. The number of aryl methyl sites for hydroxylation is 1. The van der Waals surface area contributed by atoms with Crippen molar-refractivity contribution >= 4 is 0 Å². The molecule has 88 valence electrons. The first-order chi connectivity index (χ1) is 7.74. The fraction of sp³-hybridized carbons (Fsp3) is 0.538. The Morgan fingerprint density at radius 3 is 2.75 bits per heavy atom. The first-order valence-electron chi connectivity index (χ1n) is 5.84. The van der Waals surface area contributed by atoms with Crippen LogP contribution in [0, 0.1) is 6.92 Å². The Bertz CT molecular complexity index is 323. The van der Waals surface area contributed by atoms with E-state index in [1.807, 2.05) is 12.1 Å². The van der Waals surface area contributed by atoms with Crippen LogP contribution in [0.4, 0.5) is 0 Å². The summed E-state index contributed by atoms with van der Waals surface area (Å²) in [5, 5.41) is 9.36. The van der Waals surface area contributed by atoms with E-state index < -0.39 is 0 Å². The molecule has 1 fully saturated rings. The van der Waals surface area contributed by atoms with Gasteiger partial charge in [-0.05, 0) is 25.5 Å². The molecule has 2 rings (SSSR count). The van der Waals surface area contributed by atoms with Crippen LogP contribution in [0.5, 0.6) is 5.75 Å². The third-order valence-corrected chi connectivity index (χ3v) is 2.94. The smallest absolute Gasteiger partial charge is 0.119 e. The second kappa shape index (κ2) is 5.32. The minimum atomic E-state index is -0.139. The molecule has 3 heteroatoms. The van der Waals surface area contributed by atoms with E-state index in [-0.39, 0.29) is 6.10 Å². The second-order valence-corrected chi connectivity index (χ2v) is 4.40. The average molecular weight is 221 g/mol. The lowest BCUT2D eigenvalue weighted by atomic mass is 10.2. The number of β-amino-alcohol motifs (C(OH)–C–C–N with tert-alkyl or cyclic N) is 1. The number of hydrogen-bond donors (Lipinski definition) is 1. The fourth-order valence-electron chi connectivity index (χ4n) is 1.94. The van der Waals surface area contributed by atoms with Crippen molar-refractivity contribution in [1.82, 2.24) is 4.90 Å². The van der Waals surface area contributed by atoms with Crippen molar-refractivity contribution in [2.75, 3.05) is 26.2 Å². The lowest BCUT2D eigenvalue weighted by molar-refractivity contribution is 0.167. The van der Waals surface area contributed by atoms with Crippen molar-refractivity contribution in [3.05, 3.63) is 29.8 Å². The summed E-state index contributed by atoms with van der Waals surface area (Å²) in [4.78, 5) is 2.23. The maximum Gasteiger partial charge on any atom is 0.119 e. The van der Waals surface area contributed by atoms with Gasteiger partial charge in [-0.15, -0.1) is 0 Å². The minimum Gasteiger partial charge on any atom is -0.492 e. The minimum absolute atomic E-state index is 0.139. The van der Waals surface area contributed by atoms with E-state index in [9.17, 15) is 5.11 Å². The van der Waals surface area contributed by atoms with Crippen LogP contribution >= 0.6 is 0 Å². The molecule has 1 saturated heterocycles. The normalized spacial score (nSPS) is 21.2. The highest BCUT2D eigenvalue weighted by Gasteiger charge is 2.19. The van der Waals surface area contributed by atoms with Gasteiger partial charge in [0, 0.05) is 19.6 Å². The Hall–Kier alpha value is -1.06. The third kappa shape index (κ3) is 3.22. The van der Waals surface area contributed by atoms with Gasteiger partial charge in [-0.1, -0.05) is 17.7 Å². The van der Waals surface area contributed by atoms with Gasteiger partial charge in [0.2, 0.25) is 0 Å². The average Bonchev–Trinajstić information content (AvgIpc) is 2.67. The number of aliphatic hydroxyl groups is 1. The molecule has 1 atom stereocenters. The van der Waals surface area contributed by atoms with E-state index in [4.69, 9.17) is 4.74 Å². The zero-order valence-corrected chi connectivity index (χ0v) is 9.72. The largest absolute Gasteiger partial charge is 0.492 e. The van der Waals surface area contributed by atoms with Crippen molar-refractivity contribution < 1.29 is 9.84 Å². The molecule has 1 N–H and O–H groups in total. The van der Waals surface area contributed by atoms with E-state index in [0.29, 0.717) is 6.61 Å². The molecule has 1 aromatic carbocycles. The van der Waals surface area contributed by atoms with Crippen molar-refractivity contribution in [3.8, 4) is 5.75 Å². The molecule has 0 bridgehead atoms. The van der Waals surface area contributed by atoms with Gasteiger partial charge in [0.25, 0.3) is 0 Å². The maximum absolute atomic E-state index is 9.36. The topological polar surface area (TPSA) is 32.7 Å². The third-order valence-electron chi connectivity index (χ3n) is 2.94. The monoisotopic (exact) mass is 221 g/mol. The van der Waals surface area contributed by atoms with Gasteiger partial charge in [-0.3, -0.25) is 4.90 Å². The maximum atomic E-state index is 9.36. The first-order valence-corrected chi connectivity index (χ1v) is 5.84. The summed E-state index contributed by atoms with van der Waals surface area (Å²) in [6, 6.07) is 8.09. The number of hydrogen-bond acceptors (Lipinski definition) is 3. The van der Waals surface area contributed by atoms with Crippen LogP contribution in [-0.2, 0) is 0 Å². The lowest BCUT2D eigenvalue weighted by Gasteiger charge is -2.15. The summed E-state index contributed by atoms with van der Waals surface area (Å²) in [6.45, 7) is 5.42. The van der Waals surface area contributed by atoms with Crippen LogP contribution in [0.2, 0.25) is 0 Å². The fourth-order valence-corrected chi connectivity index (χ4v) is 1.94. The number of rotatable bonds is 4. The summed E-state index contributed by atoms with van der Waals surface area (Å²) < 4.78 is 5.63. The molecule has 1 aromatic rings. The number of likely N-dealkylation sites (tertiary alicyclic amines) is 1. The SMILES string of the molecule is Cc1ccc(OCCN2CCC(O)C2)cc1. The Morgan fingerprint density at radius 1 is 1.38 bits per heavy atom. The van der Waals surface area contributed by atoms with Crippen LogP contribution in [0.25, 0.3) is 0 Å². The summed E-state index contributed by atoms with van der Waals surface area (Å²) in [5.74, 6) is 0.922. The number of aliphatic hydroxyl groups excluding tert-OH is 1. The van der Waals surface area contributed by atoms with Gasteiger partial charge in [-0.25, -0.2) is 0 Å². The predicted molar refractivity (Wildman–Crippen MR) is 63.7 cm³/mol. The van der Waals surface area contributed by atoms with Crippen LogP contribution in [0.1, 0.15) is 12.0 Å². The van der Waals surface area contributed by atoms with Crippen LogP contribution in [-0.4, -0.2) is 42.4 Å². The van der Waals surface area contributed by atoms with E-state index in [2.05, 4.69) is 24.0 Å².